The zero-order valence-corrected chi connectivity index (χ0v) is 18.2. The molecule has 1 aromatic carbocycles. The third kappa shape index (κ3) is 5.13. The van der Waals surface area contributed by atoms with Crippen LogP contribution in [0.15, 0.2) is 24.3 Å². The molecule has 0 aromatic heterocycles. The highest BCUT2D eigenvalue weighted by Crippen LogP contribution is 2.47. The molecule has 1 aromatic rings. The molecule has 158 valence electrons. The molecule has 1 atom stereocenters. The third-order valence-corrected chi connectivity index (χ3v) is 7.32. The molecule has 1 heterocycles. The fourth-order valence-corrected chi connectivity index (χ4v) is 5.27. The van der Waals surface area contributed by atoms with E-state index in [2.05, 4.69) is 5.32 Å². The van der Waals surface area contributed by atoms with Crippen molar-refractivity contribution in [2.75, 3.05) is 25.4 Å². The molecular formula is C21H28ClN3O3S. The van der Waals surface area contributed by atoms with Crippen molar-refractivity contribution in [1.29, 1.82) is 0 Å². The number of thioether (sulfide) groups is 1. The van der Waals surface area contributed by atoms with Crippen LogP contribution in [0.1, 0.15) is 43.0 Å². The molecule has 0 spiro atoms. The zero-order chi connectivity index (χ0) is 21.0. The van der Waals surface area contributed by atoms with E-state index >= 15 is 0 Å². The van der Waals surface area contributed by atoms with E-state index in [4.69, 9.17) is 17.3 Å². The van der Waals surface area contributed by atoms with Gasteiger partial charge in [-0.2, -0.15) is 0 Å². The first-order valence-corrected chi connectivity index (χ1v) is 11.4. The van der Waals surface area contributed by atoms with Gasteiger partial charge in [0, 0.05) is 32.3 Å². The molecule has 29 heavy (non-hydrogen) atoms. The van der Waals surface area contributed by atoms with Crippen molar-refractivity contribution < 1.29 is 14.4 Å². The van der Waals surface area contributed by atoms with Crippen LogP contribution >= 0.6 is 23.4 Å². The van der Waals surface area contributed by atoms with Crippen molar-refractivity contribution >= 4 is 40.3 Å². The normalized spacial score (nSPS) is 19.5. The molecule has 1 unspecified atom stereocenters. The predicted octanol–water partition coefficient (Wildman–Crippen LogP) is 2.70. The molecule has 2 amide bonds. The number of carbonyl (C=O) groups excluding carboxylic acids is 3. The van der Waals surface area contributed by atoms with E-state index < -0.39 is 5.54 Å². The first-order valence-electron chi connectivity index (χ1n) is 10.1. The second-order valence-corrected chi connectivity index (χ2v) is 9.33. The number of nitrogens with two attached hydrogens (primary N) is 1. The minimum Gasteiger partial charge on any atom is -0.351 e. The van der Waals surface area contributed by atoms with E-state index in [-0.39, 0.29) is 28.8 Å². The molecule has 2 aliphatic rings. The molecular weight excluding hydrogens is 410 g/mol. The van der Waals surface area contributed by atoms with Crippen LogP contribution in [-0.4, -0.2) is 52.8 Å². The average molecular weight is 438 g/mol. The number of likely N-dealkylation sites (tertiary alicyclic amines) is 1. The first-order chi connectivity index (χ1) is 13.8. The fraction of sp³-hybridized carbons (Fsp3) is 0.571. The average Bonchev–Trinajstić information content (AvgIpc) is 3.56. The maximum atomic E-state index is 13.1. The lowest BCUT2D eigenvalue weighted by molar-refractivity contribution is -0.131. The second-order valence-electron chi connectivity index (χ2n) is 7.86. The molecule has 2 fully saturated rings. The Hall–Kier alpha value is -1.57. The lowest BCUT2D eigenvalue weighted by Crippen LogP contribution is -2.58. The van der Waals surface area contributed by atoms with Crippen LogP contribution in [0.4, 0.5) is 0 Å². The second kappa shape index (κ2) is 9.49. The highest BCUT2D eigenvalue weighted by Gasteiger charge is 2.53. The fourth-order valence-electron chi connectivity index (χ4n) is 4.07. The van der Waals surface area contributed by atoms with Gasteiger partial charge >= 0.3 is 0 Å². The summed E-state index contributed by atoms with van der Waals surface area (Å²) in [5.74, 6) is 0.624. The van der Waals surface area contributed by atoms with E-state index in [1.54, 1.807) is 31.2 Å². The zero-order valence-electron chi connectivity index (χ0n) is 16.7. The van der Waals surface area contributed by atoms with Crippen LogP contribution in [0.25, 0.3) is 0 Å². The van der Waals surface area contributed by atoms with Gasteiger partial charge in [-0.3, -0.25) is 14.4 Å². The number of hydrogen-bond acceptors (Lipinski definition) is 5. The third-order valence-electron chi connectivity index (χ3n) is 5.96. The number of hydrogen-bond donors (Lipinski definition) is 2. The van der Waals surface area contributed by atoms with Crippen molar-refractivity contribution in [2.24, 2.45) is 17.6 Å². The maximum Gasteiger partial charge on any atom is 0.252 e. The van der Waals surface area contributed by atoms with Gasteiger partial charge in [0.05, 0.1) is 16.1 Å². The molecule has 0 bridgehead atoms. The van der Waals surface area contributed by atoms with E-state index in [9.17, 15) is 14.4 Å². The quantitative estimate of drug-likeness (QED) is 0.640. The van der Waals surface area contributed by atoms with Gasteiger partial charge in [0.2, 0.25) is 11.0 Å². The van der Waals surface area contributed by atoms with Crippen molar-refractivity contribution in [3.8, 4) is 0 Å². The molecule has 1 aliphatic heterocycles. The van der Waals surface area contributed by atoms with E-state index in [0.717, 1.165) is 25.7 Å². The van der Waals surface area contributed by atoms with Gasteiger partial charge in [0.1, 0.15) is 0 Å². The number of rotatable bonds is 7. The van der Waals surface area contributed by atoms with Crippen molar-refractivity contribution in [3.05, 3.63) is 34.9 Å². The predicted molar refractivity (Wildman–Crippen MR) is 116 cm³/mol. The Morgan fingerprint density at radius 1 is 1.17 bits per heavy atom. The van der Waals surface area contributed by atoms with Gasteiger partial charge < -0.3 is 16.0 Å². The Kier molecular flexibility index (Phi) is 7.24. The summed E-state index contributed by atoms with van der Waals surface area (Å²) in [6.45, 7) is 3.27. The Bertz CT molecular complexity index is 778. The number of amides is 2. The Labute approximate surface area is 180 Å². The Morgan fingerprint density at radius 2 is 1.79 bits per heavy atom. The standard InChI is InChI=1S/C21H28ClN3O3S/c1-14(26)25-11-8-16(9-12-25)21(23,15-6-7-15)20(28)29-13-10-24-19(27)17-4-2-3-5-18(17)22/h2-5,15-16H,6-13,23H2,1H3,(H,24,27). The van der Waals surface area contributed by atoms with Gasteiger partial charge in [0.15, 0.2) is 0 Å². The van der Waals surface area contributed by atoms with Gasteiger partial charge in [-0.15, -0.1) is 0 Å². The summed E-state index contributed by atoms with van der Waals surface area (Å²) in [5, 5.41) is 3.22. The van der Waals surface area contributed by atoms with Crippen molar-refractivity contribution in [2.45, 2.75) is 38.1 Å². The summed E-state index contributed by atoms with van der Waals surface area (Å²) in [6, 6.07) is 6.87. The lowest BCUT2D eigenvalue weighted by Gasteiger charge is -2.41. The van der Waals surface area contributed by atoms with Crippen LogP contribution in [0, 0.1) is 11.8 Å². The van der Waals surface area contributed by atoms with Crippen LogP contribution in [-0.2, 0) is 9.59 Å². The van der Waals surface area contributed by atoms with Crippen LogP contribution < -0.4 is 11.1 Å². The topological polar surface area (TPSA) is 92.5 Å². The largest absolute Gasteiger partial charge is 0.351 e. The first kappa shape index (κ1) is 22.1. The smallest absolute Gasteiger partial charge is 0.252 e. The van der Waals surface area contributed by atoms with Crippen LogP contribution in [0.3, 0.4) is 0 Å². The minimum atomic E-state index is -0.833. The summed E-state index contributed by atoms with van der Waals surface area (Å²) >= 11 is 7.24. The summed E-state index contributed by atoms with van der Waals surface area (Å²) in [5.41, 5.74) is 6.31. The van der Waals surface area contributed by atoms with E-state index in [1.165, 1.54) is 11.8 Å². The molecule has 0 radical (unpaired) electrons. The summed E-state index contributed by atoms with van der Waals surface area (Å²) < 4.78 is 0. The molecule has 8 heteroatoms. The van der Waals surface area contributed by atoms with Crippen molar-refractivity contribution in [3.63, 3.8) is 0 Å². The molecule has 1 aliphatic carbocycles. The van der Waals surface area contributed by atoms with E-state index in [1.807, 2.05) is 4.90 Å². The highest BCUT2D eigenvalue weighted by atomic mass is 35.5. The maximum absolute atomic E-state index is 13.1. The monoisotopic (exact) mass is 437 g/mol. The number of benzene rings is 1. The van der Waals surface area contributed by atoms with Crippen LogP contribution in [0.2, 0.25) is 5.02 Å². The van der Waals surface area contributed by atoms with Crippen LogP contribution in [0.5, 0.6) is 0 Å². The minimum absolute atomic E-state index is 0.00766. The number of nitrogens with zero attached hydrogens (tertiary/aromatic N) is 1. The summed E-state index contributed by atoms with van der Waals surface area (Å²) in [4.78, 5) is 38.7. The number of carbonyl (C=O) groups is 3. The van der Waals surface area contributed by atoms with Gasteiger partial charge in [-0.1, -0.05) is 35.5 Å². The van der Waals surface area contributed by atoms with E-state index in [0.29, 0.717) is 36.0 Å². The van der Waals surface area contributed by atoms with Gasteiger partial charge in [-0.05, 0) is 49.7 Å². The Balaban J connectivity index is 1.51. The lowest BCUT2D eigenvalue weighted by atomic mass is 9.76. The van der Waals surface area contributed by atoms with Gasteiger partial charge in [0.25, 0.3) is 5.91 Å². The van der Waals surface area contributed by atoms with Crippen molar-refractivity contribution in [1.82, 2.24) is 10.2 Å². The Morgan fingerprint density at radius 3 is 2.38 bits per heavy atom. The molecule has 1 saturated carbocycles. The summed E-state index contributed by atoms with van der Waals surface area (Å²) in [6.07, 6.45) is 3.50. The summed E-state index contributed by atoms with van der Waals surface area (Å²) in [7, 11) is 0. The number of nitrogens with one attached hydrogen (secondary N) is 1. The number of halogens is 1. The van der Waals surface area contributed by atoms with Gasteiger partial charge in [-0.25, -0.2) is 0 Å². The SMILES string of the molecule is CC(=O)N1CCC(C(N)(C(=O)SCCNC(=O)c2ccccc2Cl)C2CC2)CC1. The molecule has 6 nitrogen and oxygen atoms in total. The molecule has 3 N–H and O–H groups in total. The highest BCUT2D eigenvalue weighted by molar-refractivity contribution is 8.13. The molecule has 3 rings (SSSR count). The molecule has 1 saturated heterocycles. The number of piperidine rings is 1.